The van der Waals surface area contributed by atoms with E-state index in [1.54, 1.807) is 0 Å². The van der Waals surface area contributed by atoms with E-state index in [-0.39, 0.29) is 6.03 Å². The summed E-state index contributed by atoms with van der Waals surface area (Å²) < 4.78 is 5.31. The Bertz CT molecular complexity index is 522. The van der Waals surface area contributed by atoms with E-state index < -0.39 is 0 Å². The number of nitrogens with two attached hydrogens (primary N) is 1. The van der Waals surface area contributed by atoms with E-state index in [1.165, 1.54) is 12.8 Å². The molecule has 0 aromatic carbocycles. The zero-order chi connectivity index (χ0) is 16.2. The first kappa shape index (κ1) is 16.3. The molecule has 2 N–H and O–H groups in total. The van der Waals surface area contributed by atoms with Crippen molar-refractivity contribution in [3.05, 3.63) is 17.5 Å². The van der Waals surface area contributed by atoms with Gasteiger partial charge in [-0.15, -0.1) is 0 Å². The summed E-state index contributed by atoms with van der Waals surface area (Å²) in [4.78, 5) is 16.1. The van der Waals surface area contributed by atoms with E-state index in [9.17, 15) is 4.79 Å². The van der Waals surface area contributed by atoms with Gasteiger partial charge in [-0.25, -0.2) is 4.79 Å². The smallest absolute Gasteiger partial charge is 0.315 e. The first-order valence-electron chi connectivity index (χ1n) is 8.84. The number of urea groups is 1. The van der Waals surface area contributed by atoms with Crippen molar-refractivity contribution >= 4 is 6.03 Å². The molecule has 3 heterocycles. The van der Waals surface area contributed by atoms with Gasteiger partial charge >= 0.3 is 6.03 Å². The van der Waals surface area contributed by atoms with Crippen molar-refractivity contribution in [3.8, 4) is 0 Å². The number of hydrogen-bond donors (Lipinski definition) is 1. The van der Waals surface area contributed by atoms with Crippen molar-refractivity contribution in [3.63, 3.8) is 0 Å². The second-order valence-electron chi connectivity index (χ2n) is 7.00. The topological polar surface area (TPSA) is 75.6 Å². The molecular formula is C17H28N4O2. The van der Waals surface area contributed by atoms with Gasteiger partial charge in [0.2, 0.25) is 0 Å². The first-order chi connectivity index (χ1) is 11.1. The van der Waals surface area contributed by atoms with Gasteiger partial charge in [0.1, 0.15) is 0 Å². The number of piperidine rings is 1. The molecule has 3 rings (SSSR count). The fourth-order valence-corrected chi connectivity index (χ4v) is 4.10. The lowest BCUT2D eigenvalue weighted by Crippen LogP contribution is -2.49. The van der Waals surface area contributed by atoms with Gasteiger partial charge in [-0.3, -0.25) is 4.90 Å². The Kier molecular flexibility index (Phi) is 5.20. The van der Waals surface area contributed by atoms with Crippen LogP contribution in [0.4, 0.5) is 4.79 Å². The number of aryl methyl sites for hydroxylation is 1. The fraction of sp³-hybridized carbons (Fsp3) is 0.765. The molecule has 2 aliphatic heterocycles. The molecule has 0 saturated carbocycles. The van der Waals surface area contributed by atoms with Crippen LogP contribution in [-0.2, 0) is 6.54 Å². The van der Waals surface area contributed by atoms with Gasteiger partial charge in [0.05, 0.1) is 12.2 Å². The van der Waals surface area contributed by atoms with Crippen LogP contribution in [0.25, 0.3) is 0 Å². The predicted molar refractivity (Wildman–Crippen MR) is 87.8 cm³/mol. The van der Waals surface area contributed by atoms with Crippen LogP contribution in [0.2, 0.25) is 0 Å². The highest BCUT2D eigenvalue weighted by Crippen LogP contribution is 2.30. The van der Waals surface area contributed by atoms with Crippen LogP contribution in [0, 0.1) is 12.8 Å². The maximum absolute atomic E-state index is 11.8. The second-order valence-corrected chi connectivity index (χ2v) is 7.00. The molecule has 0 radical (unpaired) electrons. The van der Waals surface area contributed by atoms with E-state index in [4.69, 9.17) is 10.3 Å². The van der Waals surface area contributed by atoms with Gasteiger partial charge < -0.3 is 15.2 Å². The summed E-state index contributed by atoms with van der Waals surface area (Å²) in [6.45, 7) is 5.71. The normalized spacial score (nSPS) is 24.6. The summed E-state index contributed by atoms with van der Waals surface area (Å²) in [5.74, 6) is 1.52. The van der Waals surface area contributed by atoms with Crippen molar-refractivity contribution in [1.29, 1.82) is 0 Å². The molecule has 6 nitrogen and oxygen atoms in total. The van der Waals surface area contributed by atoms with Gasteiger partial charge in [0.15, 0.2) is 5.76 Å². The number of hydrogen-bond acceptors (Lipinski definition) is 4. The first-order valence-corrected chi connectivity index (χ1v) is 8.84. The average Bonchev–Trinajstić information content (AvgIpc) is 2.80. The van der Waals surface area contributed by atoms with Crippen molar-refractivity contribution in [2.45, 2.75) is 58.0 Å². The Morgan fingerprint density at radius 1 is 1.26 bits per heavy atom. The largest absolute Gasteiger partial charge is 0.360 e. The highest BCUT2D eigenvalue weighted by molar-refractivity contribution is 5.72. The molecule has 128 valence electrons. The van der Waals surface area contributed by atoms with Crippen molar-refractivity contribution in [2.24, 2.45) is 11.7 Å². The molecule has 0 bridgehead atoms. The van der Waals surface area contributed by atoms with Gasteiger partial charge in [-0.1, -0.05) is 18.0 Å². The third-order valence-electron chi connectivity index (χ3n) is 5.31. The Hall–Kier alpha value is -1.56. The minimum absolute atomic E-state index is 0.239. The minimum atomic E-state index is -0.239. The zero-order valence-electron chi connectivity index (χ0n) is 14.0. The van der Waals surface area contributed by atoms with Crippen LogP contribution in [-0.4, -0.2) is 46.7 Å². The highest BCUT2D eigenvalue weighted by atomic mass is 16.5. The standard InChI is InChI=1S/C17H28N4O2/c1-13-11-15(23-19-13)12-20-9-6-14(7-10-20)16-5-3-2-4-8-21(16)17(18)22/h11,14,16H,2-10,12H2,1H3,(H2,18,22). The number of nitrogens with zero attached hydrogens (tertiary/aromatic N) is 3. The third kappa shape index (κ3) is 4.05. The quantitative estimate of drug-likeness (QED) is 0.928. The Morgan fingerprint density at radius 3 is 2.70 bits per heavy atom. The number of rotatable bonds is 3. The molecule has 1 aromatic rings. The van der Waals surface area contributed by atoms with Gasteiger partial charge in [-0.05, 0) is 51.6 Å². The molecule has 2 fully saturated rings. The monoisotopic (exact) mass is 320 g/mol. The highest BCUT2D eigenvalue weighted by Gasteiger charge is 2.33. The van der Waals surface area contributed by atoms with Crippen molar-refractivity contribution in [2.75, 3.05) is 19.6 Å². The predicted octanol–water partition coefficient (Wildman–Crippen LogP) is 2.52. The Labute approximate surface area is 138 Å². The molecule has 0 aliphatic carbocycles. The molecular weight excluding hydrogens is 292 g/mol. The van der Waals surface area contributed by atoms with E-state index in [0.717, 1.165) is 63.3 Å². The Morgan fingerprint density at radius 2 is 2.04 bits per heavy atom. The number of carbonyl (C=O) groups excluding carboxylic acids is 1. The van der Waals surface area contributed by atoms with E-state index in [2.05, 4.69) is 10.1 Å². The number of aromatic nitrogens is 1. The van der Waals surface area contributed by atoms with Crippen LogP contribution in [0.5, 0.6) is 0 Å². The molecule has 0 spiro atoms. The summed E-state index contributed by atoms with van der Waals surface area (Å²) in [6.07, 6.45) is 6.87. The van der Waals surface area contributed by atoms with Gasteiger partial charge in [0.25, 0.3) is 0 Å². The number of amides is 2. The zero-order valence-corrected chi connectivity index (χ0v) is 14.0. The molecule has 23 heavy (non-hydrogen) atoms. The number of primary amides is 1. The maximum Gasteiger partial charge on any atom is 0.315 e. The molecule has 6 heteroatoms. The van der Waals surface area contributed by atoms with Crippen LogP contribution < -0.4 is 5.73 Å². The van der Waals surface area contributed by atoms with Crippen molar-refractivity contribution in [1.82, 2.24) is 15.0 Å². The van der Waals surface area contributed by atoms with Crippen molar-refractivity contribution < 1.29 is 9.32 Å². The molecule has 2 saturated heterocycles. The minimum Gasteiger partial charge on any atom is -0.360 e. The van der Waals surface area contributed by atoms with E-state index >= 15 is 0 Å². The van der Waals surface area contributed by atoms with Crippen LogP contribution in [0.3, 0.4) is 0 Å². The summed E-state index contributed by atoms with van der Waals surface area (Å²) in [6, 6.07) is 2.10. The van der Waals surface area contributed by atoms with Crippen LogP contribution in [0.1, 0.15) is 50.0 Å². The van der Waals surface area contributed by atoms with E-state index in [1.807, 2.05) is 17.9 Å². The van der Waals surface area contributed by atoms with Crippen LogP contribution in [0.15, 0.2) is 10.6 Å². The molecule has 1 unspecified atom stereocenters. The summed E-state index contributed by atoms with van der Waals surface area (Å²) in [7, 11) is 0. The van der Waals surface area contributed by atoms with Crippen LogP contribution >= 0.6 is 0 Å². The summed E-state index contributed by atoms with van der Waals surface area (Å²) in [5, 5.41) is 3.95. The van der Waals surface area contributed by atoms with E-state index in [0.29, 0.717) is 12.0 Å². The summed E-state index contributed by atoms with van der Waals surface area (Å²) >= 11 is 0. The lowest BCUT2D eigenvalue weighted by Gasteiger charge is -2.39. The molecule has 2 amide bonds. The fourth-order valence-electron chi connectivity index (χ4n) is 4.10. The SMILES string of the molecule is Cc1cc(CN2CCC(C3CCCCCN3C(N)=O)CC2)on1. The molecule has 2 aliphatic rings. The maximum atomic E-state index is 11.8. The average molecular weight is 320 g/mol. The number of carbonyl (C=O) groups is 1. The van der Waals surface area contributed by atoms with Gasteiger partial charge in [0, 0.05) is 18.7 Å². The summed E-state index contributed by atoms with van der Waals surface area (Å²) in [5.41, 5.74) is 6.56. The number of likely N-dealkylation sites (tertiary alicyclic amines) is 2. The van der Waals surface area contributed by atoms with Gasteiger partial charge in [-0.2, -0.15) is 0 Å². The second kappa shape index (κ2) is 7.34. The molecule has 1 atom stereocenters. The third-order valence-corrected chi connectivity index (χ3v) is 5.31. The lowest BCUT2D eigenvalue weighted by atomic mass is 9.86. The molecule has 1 aromatic heterocycles. The lowest BCUT2D eigenvalue weighted by molar-refractivity contribution is 0.0970. The Balaban J connectivity index is 1.55.